The Labute approximate surface area is 72.7 Å². The highest BCUT2D eigenvalue weighted by Crippen LogP contribution is 2.10. The highest BCUT2D eigenvalue weighted by Gasteiger charge is 1.93. The topological polar surface area (TPSA) is 20.2 Å². The Morgan fingerprint density at radius 3 is 2.75 bits per heavy atom. The third-order valence-corrected chi connectivity index (χ3v) is 1.64. The zero-order valence-electron chi connectivity index (χ0n) is 6.90. The number of allylic oxidation sites excluding steroid dienone is 2. The van der Waals surface area contributed by atoms with Gasteiger partial charge in [0.25, 0.3) is 0 Å². The van der Waals surface area contributed by atoms with Crippen molar-refractivity contribution in [2.45, 2.75) is 6.61 Å². The van der Waals surface area contributed by atoms with Crippen molar-refractivity contribution in [1.82, 2.24) is 0 Å². The first-order chi connectivity index (χ1) is 5.88. The number of hydrogen-bond donors (Lipinski definition) is 1. The maximum absolute atomic E-state index is 8.96. The van der Waals surface area contributed by atoms with Gasteiger partial charge < -0.3 is 5.11 Å². The molecule has 0 amide bonds. The molecule has 1 rings (SSSR count). The van der Waals surface area contributed by atoms with E-state index in [0.29, 0.717) is 0 Å². The third kappa shape index (κ3) is 2.07. The maximum Gasteiger partial charge on any atom is 0.0687 e. The van der Waals surface area contributed by atoms with Crippen LogP contribution in [0.3, 0.4) is 0 Å². The van der Waals surface area contributed by atoms with Crippen LogP contribution in [0.4, 0.5) is 0 Å². The lowest BCUT2D eigenvalue weighted by atomic mass is 10.1. The minimum Gasteiger partial charge on any atom is -0.392 e. The van der Waals surface area contributed by atoms with E-state index in [0.717, 1.165) is 11.1 Å². The molecule has 0 bridgehead atoms. The molecule has 62 valence electrons. The molecule has 0 fully saturated rings. The largest absolute Gasteiger partial charge is 0.392 e. The Kier molecular flexibility index (Phi) is 3.30. The Morgan fingerprint density at radius 1 is 1.33 bits per heavy atom. The molecular weight excluding hydrogens is 148 g/mol. The second-order valence-corrected chi connectivity index (χ2v) is 2.45. The SMILES string of the molecule is C=C/C=C/c1ccccc1CO. The maximum atomic E-state index is 8.96. The van der Waals surface area contributed by atoms with Gasteiger partial charge in [-0.25, -0.2) is 0 Å². The summed E-state index contributed by atoms with van der Waals surface area (Å²) in [5.41, 5.74) is 1.98. The Hall–Kier alpha value is -1.34. The minimum atomic E-state index is 0.0810. The molecule has 0 aliphatic rings. The van der Waals surface area contributed by atoms with Gasteiger partial charge in [0, 0.05) is 0 Å². The second-order valence-electron chi connectivity index (χ2n) is 2.45. The molecule has 0 heterocycles. The smallest absolute Gasteiger partial charge is 0.0687 e. The Bertz CT molecular complexity index is 287. The first kappa shape index (κ1) is 8.75. The lowest BCUT2D eigenvalue weighted by Crippen LogP contribution is -1.86. The molecule has 1 N–H and O–H groups in total. The molecule has 0 saturated heterocycles. The summed E-state index contributed by atoms with van der Waals surface area (Å²) >= 11 is 0. The van der Waals surface area contributed by atoms with Crippen LogP contribution in [-0.2, 0) is 6.61 Å². The summed E-state index contributed by atoms with van der Waals surface area (Å²) in [5, 5.41) is 8.96. The summed E-state index contributed by atoms with van der Waals surface area (Å²) in [5.74, 6) is 0. The van der Waals surface area contributed by atoms with Crippen LogP contribution < -0.4 is 0 Å². The van der Waals surface area contributed by atoms with Crippen molar-refractivity contribution in [3.05, 3.63) is 54.1 Å². The van der Waals surface area contributed by atoms with Crippen molar-refractivity contribution in [3.8, 4) is 0 Å². The first-order valence-corrected chi connectivity index (χ1v) is 3.86. The van der Waals surface area contributed by atoms with Crippen molar-refractivity contribution < 1.29 is 5.11 Å². The van der Waals surface area contributed by atoms with Gasteiger partial charge in [0.1, 0.15) is 0 Å². The van der Waals surface area contributed by atoms with E-state index >= 15 is 0 Å². The van der Waals surface area contributed by atoms with Gasteiger partial charge >= 0.3 is 0 Å². The van der Waals surface area contributed by atoms with Crippen molar-refractivity contribution >= 4 is 6.08 Å². The summed E-state index contributed by atoms with van der Waals surface area (Å²) in [6.07, 6.45) is 5.50. The fourth-order valence-corrected chi connectivity index (χ4v) is 1.01. The molecule has 0 atom stereocenters. The Morgan fingerprint density at radius 2 is 2.08 bits per heavy atom. The van der Waals surface area contributed by atoms with E-state index < -0.39 is 0 Å². The van der Waals surface area contributed by atoms with Crippen LogP contribution in [0.25, 0.3) is 6.08 Å². The van der Waals surface area contributed by atoms with Gasteiger partial charge in [-0.1, -0.05) is 49.1 Å². The summed E-state index contributed by atoms with van der Waals surface area (Å²) in [6, 6.07) is 7.73. The molecule has 0 radical (unpaired) electrons. The van der Waals surface area contributed by atoms with Crippen LogP contribution in [0.1, 0.15) is 11.1 Å². The van der Waals surface area contributed by atoms with Crippen LogP contribution in [-0.4, -0.2) is 5.11 Å². The molecule has 0 aromatic heterocycles. The molecular formula is C11H12O. The fourth-order valence-electron chi connectivity index (χ4n) is 1.01. The van der Waals surface area contributed by atoms with Crippen LogP contribution in [0.2, 0.25) is 0 Å². The molecule has 0 unspecified atom stereocenters. The third-order valence-electron chi connectivity index (χ3n) is 1.64. The van der Waals surface area contributed by atoms with Gasteiger partial charge in [0.2, 0.25) is 0 Å². The number of aliphatic hydroxyl groups is 1. The van der Waals surface area contributed by atoms with Crippen molar-refractivity contribution in [3.63, 3.8) is 0 Å². The highest BCUT2D eigenvalue weighted by atomic mass is 16.3. The van der Waals surface area contributed by atoms with Gasteiger partial charge in [-0.2, -0.15) is 0 Å². The summed E-state index contributed by atoms with van der Waals surface area (Å²) in [6.45, 7) is 3.66. The molecule has 1 nitrogen and oxygen atoms in total. The van der Waals surface area contributed by atoms with Gasteiger partial charge in [-0.3, -0.25) is 0 Å². The van der Waals surface area contributed by atoms with E-state index in [4.69, 9.17) is 5.11 Å². The molecule has 1 heteroatoms. The minimum absolute atomic E-state index is 0.0810. The van der Waals surface area contributed by atoms with E-state index in [9.17, 15) is 0 Å². The fraction of sp³-hybridized carbons (Fsp3) is 0.0909. The molecule has 0 aliphatic heterocycles. The summed E-state index contributed by atoms with van der Waals surface area (Å²) in [4.78, 5) is 0. The monoisotopic (exact) mass is 160 g/mol. The second kappa shape index (κ2) is 4.52. The first-order valence-electron chi connectivity index (χ1n) is 3.86. The van der Waals surface area contributed by atoms with Gasteiger partial charge in [-0.05, 0) is 11.1 Å². The van der Waals surface area contributed by atoms with Crippen LogP contribution in [0.5, 0.6) is 0 Å². The van der Waals surface area contributed by atoms with E-state index in [2.05, 4.69) is 6.58 Å². The van der Waals surface area contributed by atoms with E-state index in [-0.39, 0.29) is 6.61 Å². The summed E-state index contributed by atoms with van der Waals surface area (Å²) < 4.78 is 0. The molecule has 1 aromatic rings. The van der Waals surface area contributed by atoms with Gasteiger partial charge in [0.15, 0.2) is 0 Å². The van der Waals surface area contributed by atoms with Crippen molar-refractivity contribution in [2.24, 2.45) is 0 Å². The summed E-state index contributed by atoms with van der Waals surface area (Å²) in [7, 11) is 0. The van der Waals surface area contributed by atoms with Gasteiger partial charge in [-0.15, -0.1) is 0 Å². The number of hydrogen-bond acceptors (Lipinski definition) is 1. The van der Waals surface area contributed by atoms with Crippen molar-refractivity contribution in [1.29, 1.82) is 0 Å². The molecule has 12 heavy (non-hydrogen) atoms. The van der Waals surface area contributed by atoms with Crippen LogP contribution in [0.15, 0.2) is 43.0 Å². The number of benzene rings is 1. The molecule has 0 saturated carbocycles. The normalized spacial score (nSPS) is 10.4. The zero-order chi connectivity index (χ0) is 8.81. The van der Waals surface area contributed by atoms with E-state index in [1.165, 1.54) is 0 Å². The predicted octanol–water partition coefficient (Wildman–Crippen LogP) is 2.38. The average molecular weight is 160 g/mol. The molecule has 0 spiro atoms. The quantitative estimate of drug-likeness (QED) is 0.673. The lowest BCUT2D eigenvalue weighted by Gasteiger charge is -2.00. The lowest BCUT2D eigenvalue weighted by molar-refractivity contribution is 0.281. The van der Waals surface area contributed by atoms with Crippen LogP contribution >= 0.6 is 0 Å². The molecule has 1 aromatic carbocycles. The average Bonchev–Trinajstić information content (AvgIpc) is 2.15. The zero-order valence-corrected chi connectivity index (χ0v) is 6.90. The number of aliphatic hydroxyl groups excluding tert-OH is 1. The predicted molar refractivity (Wildman–Crippen MR) is 51.6 cm³/mol. The van der Waals surface area contributed by atoms with E-state index in [1.54, 1.807) is 6.08 Å². The Balaban J connectivity index is 2.96. The number of rotatable bonds is 3. The van der Waals surface area contributed by atoms with Gasteiger partial charge in [0.05, 0.1) is 6.61 Å². The molecule has 0 aliphatic carbocycles. The highest BCUT2D eigenvalue weighted by molar-refractivity contribution is 5.54. The van der Waals surface area contributed by atoms with Crippen LogP contribution in [0, 0.1) is 0 Å². The van der Waals surface area contributed by atoms with Crippen molar-refractivity contribution in [2.75, 3.05) is 0 Å². The standard InChI is InChI=1S/C11H12O/c1-2-3-6-10-7-4-5-8-11(10)9-12/h2-8,12H,1,9H2/b6-3+. The van der Waals surface area contributed by atoms with E-state index in [1.807, 2.05) is 36.4 Å².